The highest BCUT2D eigenvalue weighted by Crippen LogP contribution is 2.14. The Kier molecular flexibility index (Phi) is 4.82. The van der Waals surface area contributed by atoms with Gasteiger partial charge in [0.2, 0.25) is 0 Å². The summed E-state index contributed by atoms with van der Waals surface area (Å²) in [5.41, 5.74) is 1.62. The van der Waals surface area contributed by atoms with Crippen molar-refractivity contribution in [2.24, 2.45) is 0 Å². The third-order valence-corrected chi connectivity index (χ3v) is 3.88. The number of aromatic nitrogens is 1. The Bertz CT molecular complexity index is 860. The number of anilines is 1. The van der Waals surface area contributed by atoms with E-state index in [1.165, 1.54) is 0 Å². The Balaban J connectivity index is 1.73. The number of halogens is 1. The summed E-state index contributed by atoms with van der Waals surface area (Å²) < 4.78 is 0.837. The van der Waals surface area contributed by atoms with E-state index in [9.17, 15) is 9.59 Å². The zero-order chi connectivity index (χ0) is 16.9. The first kappa shape index (κ1) is 16.1. The zero-order valence-electron chi connectivity index (χ0n) is 12.6. The van der Waals surface area contributed by atoms with Gasteiger partial charge >= 0.3 is 0 Å². The van der Waals surface area contributed by atoms with Crippen molar-refractivity contribution in [2.75, 3.05) is 5.32 Å². The number of pyridine rings is 1. The second-order valence-electron chi connectivity index (χ2n) is 5.09. The summed E-state index contributed by atoms with van der Waals surface area (Å²) in [6.45, 7) is 0. The minimum absolute atomic E-state index is 0.0721. The summed E-state index contributed by atoms with van der Waals surface area (Å²) in [5, 5.41) is 2.71. The van der Waals surface area contributed by atoms with Gasteiger partial charge < -0.3 is 5.32 Å². The number of benzene rings is 2. The number of ketones is 1. The first-order valence-corrected chi connectivity index (χ1v) is 8.05. The highest BCUT2D eigenvalue weighted by Gasteiger charge is 2.11. The molecular weight excluding hydrogens is 368 g/mol. The summed E-state index contributed by atoms with van der Waals surface area (Å²) in [6, 6.07) is 19.1. The molecule has 3 aromatic rings. The summed E-state index contributed by atoms with van der Waals surface area (Å²) in [6.07, 6.45) is 1.61. The van der Waals surface area contributed by atoms with E-state index >= 15 is 0 Å². The van der Waals surface area contributed by atoms with E-state index in [0.717, 1.165) is 4.47 Å². The average molecular weight is 381 g/mol. The molecule has 1 heterocycles. The van der Waals surface area contributed by atoms with E-state index in [-0.39, 0.29) is 11.7 Å². The minimum Gasteiger partial charge on any atom is -0.307 e. The molecule has 0 fully saturated rings. The molecule has 1 aromatic heterocycles. The first-order valence-electron chi connectivity index (χ1n) is 7.26. The van der Waals surface area contributed by atoms with Crippen molar-refractivity contribution >= 4 is 33.4 Å². The number of hydrogen-bond acceptors (Lipinski definition) is 3. The summed E-state index contributed by atoms with van der Waals surface area (Å²) in [5.74, 6) is 0.119. The van der Waals surface area contributed by atoms with Gasteiger partial charge in [0.25, 0.3) is 5.91 Å². The van der Waals surface area contributed by atoms with Crippen LogP contribution in [0.1, 0.15) is 26.3 Å². The predicted octanol–water partition coefficient (Wildman–Crippen LogP) is 4.33. The second-order valence-corrected chi connectivity index (χ2v) is 6.00. The van der Waals surface area contributed by atoms with E-state index in [4.69, 9.17) is 0 Å². The summed E-state index contributed by atoms with van der Waals surface area (Å²) in [4.78, 5) is 28.6. The lowest BCUT2D eigenvalue weighted by molar-refractivity contribution is 0.101. The Labute approximate surface area is 147 Å². The molecule has 0 atom stereocenters. The van der Waals surface area contributed by atoms with Crippen molar-refractivity contribution in [1.29, 1.82) is 0 Å². The molecule has 24 heavy (non-hydrogen) atoms. The fraction of sp³-hybridized carbons (Fsp3) is 0. The van der Waals surface area contributed by atoms with Gasteiger partial charge in [0.1, 0.15) is 5.82 Å². The fourth-order valence-corrected chi connectivity index (χ4v) is 2.40. The number of nitrogens with one attached hydrogen (secondary N) is 1. The maximum Gasteiger partial charge on any atom is 0.256 e. The van der Waals surface area contributed by atoms with Crippen LogP contribution in [0, 0.1) is 0 Å². The highest BCUT2D eigenvalue weighted by molar-refractivity contribution is 9.10. The zero-order valence-corrected chi connectivity index (χ0v) is 14.2. The van der Waals surface area contributed by atoms with E-state index in [1.54, 1.807) is 54.7 Å². The van der Waals surface area contributed by atoms with Gasteiger partial charge in [-0.25, -0.2) is 4.98 Å². The van der Waals surface area contributed by atoms with Crippen LogP contribution in [0.25, 0.3) is 0 Å². The van der Waals surface area contributed by atoms with Crippen LogP contribution in [0.2, 0.25) is 0 Å². The number of rotatable bonds is 4. The van der Waals surface area contributed by atoms with Crippen molar-refractivity contribution in [3.63, 3.8) is 0 Å². The van der Waals surface area contributed by atoms with Crippen molar-refractivity contribution in [2.45, 2.75) is 0 Å². The summed E-state index contributed by atoms with van der Waals surface area (Å²) >= 11 is 3.29. The molecule has 3 rings (SSSR count). The minimum atomic E-state index is -0.275. The molecule has 1 N–H and O–H groups in total. The highest BCUT2D eigenvalue weighted by atomic mass is 79.9. The Morgan fingerprint density at radius 2 is 1.42 bits per heavy atom. The van der Waals surface area contributed by atoms with Gasteiger partial charge in [-0.1, -0.05) is 42.5 Å². The van der Waals surface area contributed by atoms with Gasteiger partial charge in [-0.3, -0.25) is 9.59 Å². The lowest BCUT2D eigenvalue weighted by Gasteiger charge is -2.06. The third-order valence-electron chi connectivity index (χ3n) is 3.41. The molecule has 0 bridgehead atoms. The van der Waals surface area contributed by atoms with Crippen LogP contribution >= 0.6 is 15.9 Å². The van der Waals surface area contributed by atoms with E-state index in [0.29, 0.717) is 22.5 Å². The standard InChI is InChI=1S/C19H13BrN2O2/c20-16-10-11-17(21-12-16)22-19(24)15-8-6-14(7-9-15)18(23)13-4-2-1-3-5-13/h1-12H,(H,21,22,24). The molecule has 1 amide bonds. The van der Waals surface area contributed by atoms with Crippen LogP contribution in [-0.4, -0.2) is 16.7 Å². The van der Waals surface area contributed by atoms with Crippen LogP contribution in [0.4, 0.5) is 5.82 Å². The van der Waals surface area contributed by atoms with Gasteiger partial charge in [0, 0.05) is 27.4 Å². The Morgan fingerprint density at radius 1 is 0.792 bits per heavy atom. The maximum atomic E-state index is 12.3. The third kappa shape index (κ3) is 3.75. The van der Waals surface area contributed by atoms with Crippen LogP contribution in [0.3, 0.4) is 0 Å². The van der Waals surface area contributed by atoms with Crippen molar-refractivity contribution < 1.29 is 9.59 Å². The predicted molar refractivity (Wildman–Crippen MR) is 96.2 cm³/mol. The molecule has 0 aliphatic rings. The first-order chi connectivity index (χ1) is 11.6. The number of amides is 1. The Hall–Kier alpha value is -2.79. The molecule has 4 nitrogen and oxygen atoms in total. The topological polar surface area (TPSA) is 59.1 Å². The molecule has 5 heteroatoms. The Morgan fingerprint density at radius 3 is 2.04 bits per heavy atom. The van der Waals surface area contributed by atoms with E-state index in [2.05, 4.69) is 26.2 Å². The summed E-state index contributed by atoms with van der Waals surface area (Å²) in [7, 11) is 0. The number of carbonyl (C=O) groups excluding carboxylic acids is 2. The van der Waals surface area contributed by atoms with Crippen LogP contribution in [0.5, 0.6) is 0 Å². The lowest BCUT2D eigenvalue weighted by atomic mass is 10.0. The average Bonchev–Trinajstić information content (AvgIpc) is 2.64. The molecule has 0 saturated heterocycles. The molecular formula is C19H13BrN2O2. The SMILES string of the molecule is O=C(Nc1ccc(Br)cn1)c1ccc(C(=O)c2ccccc2)cc1. The maximum absolute atomic E-state index is 12.3. The fourth-order valence-electron chi connectivity index (χ4n) is 2.17. The molecule has 0 unspecified atom stereocenters. The van der Waals surface area contributed by atoms with Gasteiger partial charge in [0.05, 0.1) is 0 Å². The van der Waals surface area contributed by atoms with Crippen LogP contribution < -0.4 is 5.32 Å². The molecule has 118 valence electrons. The van der Waals surface area contributed by atoms with Crippen LogP contribution in [-0.2, 0) is 0 Å². The largest absolute Gasteiger partial charge is 0.307 e. The molecule has 0 aliphatic heterocycles. The number of hydrogen-bond donors (Lipinski definition) is 1. The molecule has 0 aliphatic carbocycles. The molecule has 0 saturated carbocycles. The van der Waals surface area contributed by atoms with Gasteiger partial charge in [-0.15, -0.1) is 0 Å². The lowest BCUT2D eigenvalue weighted by Crippen LogP contribution is -2.13. The normalized spacial score (nSPS) is 10.2. The molecule has 0 radical (unpaired) electrons. The smallest absolute Gasteiger partial charge is 0.256 e. The van der Waals surface area contributed by atoms with E-state index < -0.39 is 0 Å². The molecule has 0 spiro atoms. The van der Waals surface area contributed by atoms with Gasteiger partial charge in [0.15, 0.2) is 5.78 Å². The second kappa shape index (κ2) is 7.19. The molecule has 2 aromatic carbocycles. The van der Waals surface area contributed by atoms with Gasteiger partial charge in [-0.2, -0.15) is 0 Å². The van der Waals surface area contributed by atoms with Crippen molar-refractivity contribution in [1.82, 2.24) is 4.98 Å². The van der Waals surface area contributed by atoms with Crippen LogP contribution in [0.15, 0.2) is 77.4 Å². The number of nitrogens with zero attached hydrogens (tertiary/aromatic N) is 1. The van der Waals surface area contributed by atoms with Crippen molar-refractivity contribution in [3.8, 4) is 0 Å². The van der Waals surface area contributed by atoms with Crippen molar-refractivity contribution in [3.05, 3.63) is 94.1 Å². The monoisotopic (exact) mass is 380 g/mol. The quantitative estimate of drug-likeness (QED) is 0.685. The van der Waals surface area contributed by atoms with Gasteiger partial charge in [-0.05, 0) is 40.2 Å². The number of carbonyl (C=O) groups is 2. The van der Waals surface area contributed by atoms with E-state index in [1.807, 2.05) is 18.2 Å².